The molecule has 1 atom stereocenters. The number of hydrogen-bond donors (Lipinski definition) is 0. The molecule has 0 radical (unpaired) electrons. The van der Waals surface area contributed by atoms with Gasteiger partial charge in [-0.3, -0.25) is 9.69 Å². The van der Waals surface area contributed by atoms with Crippen LogP contribution in [0.4, 0.5) is 4.39 Å². The second-order valence-electron chi connectivity index (χ2n) is 6.77. The first kappa shape index (κ1) is 16.3. The Balaban J connectivity index is 1.64. The summed E-state index contributed by atoms with van der Waals surface area (Å²) in [5, 5.41) is 4.82. The SMILES string of the molecule is COC(=O)C1CCCN1Cc1nn(-c2ccc(F)cc2)c2c1CCC2. The second kappa shape index (κ2) is 6.59. The zero-order valence-electron chi connectivity index (χ0n) is 14.4. The van der Waals surface area contributed by atoms with Gasteiger partial charge in [-0.1, -0.05) is 0 Å². The van der Waals surface area contributed by atoms with Crippen LogP contribution in [-0.2, 0) is 28.9 Å². The van der Waals surface area contributed by atoms with E-state index < -0.39 is 0 Å². The number of benzene rings is 1. The number of carbonyl (C=O) groups excluding carboxylic acids is 1. The first-order valence-corrected chi connectivity index (χ1v) is 8.85. The molecule has 2 aliphatic rings. The van der Waals surface area contributed by atoms with Crippen LogP contribution >= 0.6 is 0 Å². The summed E-state index contributed by atoms with van der Waals surface area (Å²) in [7, 11) is 1.44. The number of methoxy groups -OCH3 is 1. The maximum atomic E-state index is 13.2. The van der Waals surface area contributed by atoms with Crippen molar-refractivity contribution in [3.63, 3.8) is 0 Å². The summed E-state index contributed by atoms with van der Waals surface area (Å²) < 4.78 is 20.1. The van der Waals surface area contributed by atoms with E-state index in [9.17, 15) is 9.18 Å². The summed E-state index contributed by atoms with van der Waals surface area (Å²) in [5.41, 5.74) is 4.43. The molecule has 2 heterocycles. The molecule has 0 spiro atoms. The molecule has 1 aromatic heterocycles. The third-order valence-electron chi connectivity index (χ3n) is 5.27. The predicted molar refractivity (Wildman–Crippen MR) is 91.0 cm³/mol. The van der Waals surface area contributed by atoms with E-state index in [0.717, 1.165) is 50.0 Å². The summed E-state index contributed by atoms with van der Waals surface area (Å²) in [6.45, 7) is 1.55. The van der Waals surface area contributed by atoms with Gasteiger partial charge in [0, 0.05) is 12.2 Å². The first-order valence-electron chi connectivity index (χ1n) is 8.85. The topological polar surface area (TPSA) is 47.4 Å². The Bertz CT molecular complexity index is 785. The van der Waals surface area contributed by atoms with Crippen LogP contribution in [0.2, 0.25) is 0 Å². The zero-order valence-corrected chi connectivity index (χ0v) is 14.4. The maximum absolute atomic E-state index is 13.2. The molecule has 1 aromatic carbocycles. The predicted octanol–water partition coefficient (Wildman–Crippen LogP) is 2.64. The molecule has 132 valence electrons. The van der Waals surface area contributed by atoms with Crippen molar-refractivity contribution in [3.8, 4) is 5.69 Å². The van der Waals surface area contributed by atoms with Crippen LogP contribution in [0.3, 0.4) is 0 Å². The third kappa shape index (κ3) is 2.95. The molecule has 4 rings (SSSR count). The molecule has 6 heteroatoms. The lowest BCUT2D eigenvalue weighted by Crippen LogP contribution is -2.36. The number of nitrogens with zero attached hydrogens (tertiary/aromatic N) is 3. The molecule has 1 unspecified atom stereocenters. The Kier molecular flexibility index (Phi) is 4.29. The number of likely N-dealkylation sites (tertiary alicyclic amines) is 1. The molecule has 1 fully saturated rings. The summed E-state index contributed by atoms with van der Waals surface area (Å²) in [4.78, 5) is 14.2. The van der Waals surface area contributed by atoms with Gasteiger partial charge in [0.2, 0.25) is 0 Å². The Hall–Kier alpha value is -2.21. The van der Waals surface area contributed by atoms with Gasteiger partial charge in [0.25, 0.3) is 0 Å². The molecule has 1 saturated heterocycles. The minimum atomic E-state index is -0.245. The fourth-order valence-corrected chi connectivity index (χ4v) is 4.05. The van der Waals surface area contributed by atoms with E-state index in [1.165, 1.54) is 30.5 Å². The van der Waals surface area contributed by atoms with Crippen LogP contribution in [0.1, 0.15) is 36.2 Å². The molecule has 0 saturated carbocycles. The summed E-state index contributed by atoms with van der Waals surface area (Å²) in [6.07, 6.45) is 4.96. The number of fused-ring (bicyclic) bond motifs is 1. The van der Waals surface area contributed by atoms with Crippen molar-refractivity contribution in [1.82, 2.24) is 14.7 Å². The summed E-state index contributed by atoms with van der Waals surface area (Å²) in [6, 6.07) is 6.28. The van der Waals surface area contributed by atoms with Crippen LogP contribution in [-0.4, -0.2) is 40.3 Å². The monoisotopic (exact) mass is 343 g/mol. The van der Waals surface area contributed by atoms with E-state index in [1.54, 1.807) is 12.1 Å². The number of ether oxygens (including phenoxy) is 1. The standard InChI is InChI=1S/C19H22FN3O2/c1-25-19(24)18-6-3-11-22(18)12-16-15-4-2-5-17(15)23(21-16)14-9-7-13(20)8-10-14/h7-10,18H,2-6,11-12H2,1H3. The molecule has 25 heavy (non-hydrogen) atoms. The quantitative estimate of drug-likeness (QED) is 0.801. The molecular formula is C19H22FN3O2. The van der Waals surface area contributed by atoms with Crippen molar-refractivity contribution in [3.05, 3.63) is 47.0 Å². The van der Waals surface area contributed by atoms with Crippen molar-refractivity contribution in [1.29, 1.82) is 0 Å². The lowest BCUT2D eigenvalue weighted by Gasteiger charge is -2.21. The van der Waals surface area contributed by atoms with Gasteiger partial charge in [-0.05, 0) is 68.5 Å². The highest BCUT2D eigenvalue weighted by atomic mass is 19.1. The van der Waals surface area contributed by atoms with E-state index in [0.29, 0.717) is 6.54 Å². The highest BCUT2D eigenvalue weighted by Crippen LogP contribution is 2.30. The molecule has 0 bridgehead atoms. The largest absolute Gasteiger partial charge is 0.468 e. The maximum Gasteiger partial charge on any atom is 0.323 e. The lowest BCUT2D eigenvalue weighted by atomic mass is 10.1. The highest BCUT2D eigenvalue weighted by molar-refractivity contribution is 5.76. The smallest absolute Gasteiger partial charge is 0.323 e. The summed E-state index contributed by atoms with van der Waals surface area (Å²) >= 11 is 0. The number of halogens is 1. The Labute approximate surface area is 146 Å². The molecule has 5 nitrogen and oxygen atoms in total. The van der Waals surface area contributed by atoms with Crippen molar-refractivity contribution in [2.45, 2.75) is 44.7 Å². The Morgan fingerprint density at radius 3 is 2.84 bits per heavy atom. The van der Waals surface area contributed by atoms with Gasteiger partial charge >= 0.3 is 5.97 Å². The van der Waals surface area contributed by atoms with E-state index in [-0.39, 0.29) is 17.8 Å². The molecule has 0 amide bonds. The van der Waals surface area contributed by atoms with E-state index in [4.69, 9.17) is 9.84 Å². The van der Waals surface area contributed by atoms with Crippen LogP contribution in [0.15, 0.2) is 24.3 Å². The number of esters is 1. The number of aromatic nitrogens is 2. The fraction of sp³-hybridized carbons (Fsp3) is 0.474. The van der Waals surface area contributed by atoms with Gasteiger partial charge in [0.1, 0.15) is 11.9 Å². The Morgan fingerprint density at radius 1 is 1.28 bits per heavy atom. The van der Waals surface area contributed by atoms with Crippen LogP contribution in [0, 0.1) is 5.82 Å². The zero-order chi connectivity index (χ0) is 17.4. The van der Waals surface area contributed by atoms with E-state index in [2.05, 4.69) is 4.90 Å². The lowest BCUT2D eigenvalue weighted by molar-refractivity contribution is -0.146. The van der Waals surface area contributed by atoms with Gasteiger partial charge in [-0.25, -0.2) is 9.07 Å². The van der Waals surface area contributed by atoms with Crippen LogP contribution < -0.4 is 0 Å². The minimum absolute atomic E-state index is 0.160. The molecule has 1 aliphatic heterocycles. The van der Waals surface area contributed by atoms with Gasteiger partial charge < -0.3 is 4.74 Å². The number of rotatable bonds is 4. The van der Waals surface area contributed by atoms with Gasteiger partial charge in [-0.15, -0.1) is 0 Å². The fourth-order valence-electron chi connectivity index (χ4n) is 4.05. The van der Waals surface area contributed by atoms with Crippen molar-refractivity contribution >= 4 is 5.97 Å². The first-order chi connectivity index (χ1) is 12.2. The van der Waals surface area contributed by atoms with Crippen LogP contribution in [0.5, 0.6) is 0 Å². The normalized spacial score (nSPS) is 20.0. The van der Waals surface area contributed by atoms with Gasteiger partial charge in [0.15, 0.2) is 0 Å². The van der Waals surface area contributed by atoms with E-state index >= 15 is 0 Å². The van der Waals surface area contributed by atoms with Crippen LogP contribution in [0.25, 0.3) is 5.69 Å². The highest BCUT2D eigenvalue weighted by Gasteiger charge is 2.33. The second-order valence-corrected chi connectivity index (χ2v) is 6.77. The summed E-state index contributed by atoms with van der Waals surface area (Å²) in [5.74, 6) is -0.405. The van der Waals surface area contributed by atoms with E-state index in [1.807, 2.05) is 4.68 Å². The average molecular weight is 343 g/mol. The van der Waals surface area contributed by atoms with Crippen molar-refractivity contribution in [2.24, 2.45) is 0 Å². The van der Waals surface area contributed by atoms with Gasteiger partial charge in [-0.2, -0.15) is 5.10 Å². The number of carbonyl (C=O) groups is 1. The molecular weight excluding hydrogens is 321 g/mol. The number of hydrogen-bond acceptors (Lipinski definition) is 4. The van der Waals surface area contributed by atoms with Crippen molar-refractivity contribution < 1.29 is 13.9 Å². The molecule has 0 N–H and O–H groups in total. The third-order valence-corrected chi connectivity index (χ3v) is 5.27. The minimum Gasteiger partial charge on any atom is -0.468 e. The van der Waals surface area contributed by atoms with Gasteiger partial charge in [0.05, 0.1) is 18.5 Å². The molecule has 1 aliphatic carbocycles. The average Bonchev–Trinajstić information content (AvgIpc) is 3.33. The molecule has 2 aromatic rings. The van der Waals surface area contributed by atoms with Crippen molar-refractivity contribution in [2.75, 3.05) is 13.7 Å². The Morgan fingerprint density at radius 2 is 2.08 bits per heavy atom.